The topological polar surface area (TPSA) is 60.2 Å². The van der Waals surface area contributed by atoms with Crippen molar-refractivity contribution in [1.29, 1.82) is 0 Å². The van der Waals surface area contributed by atoms with E-state index in [4.69, 9.17) is 17.3 Å². The lowest BCUT2D eigenvalue weighted by Crippen LogP contribution is -2.28. The number of rotatable bonds is 3. The number of nitrogens with two attached hydrogens (primary N) is 1. The number of anilines is 1. The molecule has 5 heteroatoms. The van der Waals surface area contributed by atoms with Crippen LogP contribution in [0.1, 0.15) is 39.0 Å². The summed E-state index contributed by atoms with van der Waals surface area (Å²) in [4.78, 5) is 0.227. The van der Waals surface area contributed by atoms with E-state index in [-0.39, 0.29) is 15.2 Å². The van der Waals surface area contributed by atoms with Gasteiger partial charge in [0.2, 0.25) is 0 Å². The van der Waals surface area contributed by atoms with Crippen molar-refractivity contribution in [2.45, 2.75) is 49.2 Å². The monoisotopic (exact) mass is 301 g/mol. The highest BCUT2D eigenvalue weighted by Gasteiger charge is 2.33. The van der Waals surface area contributed by atoms with Crippen LogP contribution in [0.25, 0.3) is 0 Å². The summed E-state index contributed by atoms with van der Waals surface area (Å²) in [5.74, 6) is 0.515. The van der Waals surface area contributed by atoms with Crippen LogP contribution in [0.4, 0.5) is 5.69 Å². The molecule has 1 aliphatic rings. The van der Waals surface area contributed by atoms with Crippen LogP contribution in [0.3, 0.4) is 0 Å². The third-order valence-electron chi connectivity index (χ3n) is 4.01. The Kier molecular flexibility index (Phi) is 4.41. The summed E-state index contributed by atoms with van der Waals surface area (Å²) in [5.41, 5.74) is 6.10. The number of nitrogen functional groups attached to an aromatic ring is 1. The van der Waals surface area contributed by atoms with Gasteiger partial charge in [0, 0.05) is 5.69 Å². The predicted octanol–water partition coefficient (Wildman–Crippen LogP) is 3.66. The summed E-state index contributed by atoms with van der Waals surface area (Å²) in [6, 6.07) is 4.63. The Labute approximate surface area is 120 Å². The van der Waals surface area contributed by atoms with Crippen LogP contribution in [-0.2, 0) is 9.84 Å². The molecule has 0 saturated heterocycles. The first kappa shape index (κ1) is 14.7. The Morgan fingerprint density at radius 3 is 2.74 bits per heavy atom. The Hall–Kier alpha value is -0.740. The standard InChI is InChI=1S/C14H20ClNO2S/c1-2-10-4-3-5-12(8-10)19(17,18)14-7-6-11(16)9-13(14)15/h6-7,9-10,12H,2-5,8,16H2,1H3. The van der Waals surface area contributed by atoms with E-state index in [0.29, 0.717) is 11.6 Å². The molecule has 2 N–H and O–H groups in total. The van der Waals surface area contributed by atoms with Gasteiger partial charge < -0.3 is 5.73 Å². The van der Waals surface area contributed by atoms with Crippen LogP contribution in [-0.4, -0.2) is 13.7 Å². The molecule has 2 rings (SSSR count). The Bertz CT molecular complexity index is 557. The first-order chi connectivity index (χ1) is 8.95. The summed E-state index contributed by atoms with van der Waals surface area (Å²) in [5, 5.41) is -0.0639. The van der Waals surface area contributed by atoms with E-state index in [1.165, 1.54) is 12.1 Å². The van der Waals surface area contributed by atoms with Crippen molar-refractivity contribution in [2.75, 3.05) is 5.73 Å². The lowest BCUT2D eigenvalue weighted by atomic mass is 9.87. The highest BCUT2D eigenvalue weighted by atomic mass is 35.5. The van der Waals surface area contributed by atoms with Gasteiger partial charge in [-0.2, -0.15) is 0 Å². The summed E-state index contributed by atoms with van der Waals surface area (Å²) in [7, 11) is -3.34. The molecule has 0 bridgehead atoms. The molecule has 2 unspecified atom stereocenters. The number of benzene rings is 1. The van der Waals surface area contributed by atoms with Gasteiger partial charge in [0.15, 0.2) is 9.84 Å². The van der Waals surface area contributed by atoms with Crippen molar-refractivity contribution in [3.63, 3.8) is 0 Å². The van der Waals surface area contributed by atoms with E-state index >= 15 is 0 Å². The summed E-state index contributed by atoms with van der Waals surface area (Å²) in [6.07, 6.45) is 4.65. The van der Waals surface area contributed by atoms with Crippen molar-refractivity contribution in [2.24, 2.45) is 5.92 Å². The molecule has 1 aromatic carbocycles. The number of sulfone groups is 1. The maximum atomic E-state index is 12.7. The quantitative estimate of drug-likeness (QED) is 0.867. The molecule has 3 nitrogen and oxygen atoms in total. The molecule has 2 atom stereocenters. The van der Waals surface area contributed by atoms with E-state index in [1.54, 1.807) is 6.07 Å². The van der Waals surface area contributed by atoms with Crippen LogP contribution < -0.4 is 5.73 Å². The molecular weight excluding hydrogens is 282 g/mol. The van der Waals surface area contributed by atoms with Gasteiger partial charge in [-0.15, -0.1) is 0 Å². The average molecular weight is 302 g/mol. The molecule has 1 aromatic rings. The van der Waals surface area contributed by atoms with Crippen LogP contribution in [0, 0.1) is 5.92 Å². The SMILES string of the molecule is CCC1CCCC(S(=O)(=O)c2ccc(N)cc2Cl)C1. The third kappa shape index (κ3) is 3.06. The zero-order valence-electron chi connectivity index (χ0n) is 11.1. The molecule has 0 aliphatic heterocycles. The molecule has 0 radical (unpaired) electrons. The summed E-state index contributed by atoms with van der Waals surface area (Å²) < 4.78 is 25.3. The van der Waals surface area contributed by atoms with Gasteiger partial charge in [-0.25, -0.2) is 8.42 Å². The first-order valence-electron chi connectivity index (χ1n) is 6.74. The molecular formula is C14H20ClNO2S. The summed E-state index contributed by atoms with van der Waals surface area (Å²) in [6.45, 7) is 2.12. The second-order valence-electron chi connectivity index (χ2n) is 5.30. The maximum Gasteiger partial charge on any atom is 0.182 e. The fourth-order valence-electron chi connectivity index (χ4n) is 2.82. The van der Waals surface area contributed by atoms with Crippen LogP contribution in [0.15, 0.2) is 23.1 Å². The lowest BCUT2D eigenvalue weighted by Gasteiger charge is -2.28. The molecule has 1 fully saturated rings. The fourth-order valence-corrected chi connectivity index (χ4v) is 5.28. The third-order valence-corrected chi connectivity index (χ3v) is 6.71. The average Bonchev–Trinajstić information content (AvgIpc) is 2.38. The minimum absolute atomic E-state index is 0.227. The van der Waals surface area contributed by atoms with Crippen molar-refractivity contribution >= 4 is 27.1 Å². The van der Waals surface area contributed by atoms with E-state index in [0.717, 1.165) is 32.1 Å². The van der Waals surface area contributed by atoms with Crippen LogP contribution in [0.5, 0.6) is 0 Å². The number of hydrogen-bond acceptors (Lipinski definition) is 3. The van der Waals surface area contributed by atoms with Gasteiger partial charge in [-0.3, -0.25) is 0 Å². The molecule has 0 heterocycles. The Morgan fingerprint density at radius 2 is 2.11 bits per heavy atom. The predicted molar refractivity (Wildman–Crippen MR) is 79.1 cm³/mol. The van der Waals surface area contributed by atoms with E-state index < -0.39 is 9.84 Å². The van der Waals surface area contributed by atoms with Gasteiger partial charge in [-0.05, 0) is 37.0 Å². The molecule has 1 saturated carbocycles. The molecule has 0 amide bonds. The molecule has 1 aliphatic carbocycles. The molecule has 0 aromatic heterocycles. The summed E-state index contributed by atoms with van der Waals surface area (Å²) >= 11 is 6.04. The van der Waals surface area contributed by atoms with Crippen molar-refractivity contribution in [3.8, 4) is 0 Å². The van der Waals surface area contributed by atoms with Gasteiger partial charge in [-0.1, -0.05) is 37.8 Å². The molecule has 0 spiro atoms. The largest absolute Gasteiger partial charge is 0.399 e. The number of hydrogen-bond donors (Lipinski definition) is 1. The minimum Gasteiger partial charge on any atom is -0.399 e. The smallest absolute Gasteiger partial charge is 0.182 e. The molecule has 106 valence electrons. The second kappa shape index (κ2) is 5.71. The zero-order chi connectivity index (χ0) is 14.0. The molecule has 19 heavy (non-hydrogen) atoms. The van der Waals surface area contributed by atoms with Crippen molar-refractivity contribution < 1.29 is 8.42 Å². The fraction of sp³-hybridized carbons (Fsp3) is 0.571. The van der Waals surface area contributed by atoms with Gasteiger partial charge in [0.25, 0.3) is 0 Å². The zero-order valence-corrected chi connectivity index (χ0v) is 12.7. The van der Waals surface area contributed by atoms with Gasteiger partial charge >= 0.3 is 0 Å². The lowest BCUT2D eigenvalue weighted by molar-refractivity contribution is 0.348. The maximum absolute atomic E-state index is 12.7. The van der Waals surface area contributed by atoms with E-state index in [9.17, 15) is 8.42 Å². The van der Waals surface area contributed by atoms with Gasteiger partial charge in [0.1, 0.15) is 0 Å². The van der Waals surface area contributed by atoms with E-state index in [1.807, 2.05) is 0 Å². The Morgan fingerprint density at radius 1 is 1.37 bits per heavy atom. The second-order valence-corrected chi connectivity index (χ2v) is 7.90. The van der Waals surface area contributed by atoms with Crippen LogP contribution in [0.2, 0.25) is 5.02 Å². The normalized spacial score (nSPS) is 24.3. The van der Waals surface area contributed by atoms with Crippen molar-refractivity contribution in [3.05, 3.63) is 23.2 Å². The minimum atomic E-state index is -3.34. The Balaban J connectivity index is 2.31. The van der Waals surface area contributed by atoms with Gasteiger partial charge in [0.05, 0.1) is 15.2 Å². The van der Waals surface area contributed by atoms with Crippen LogP contribution >= 0.6 is 11.6 Å². The highest BCUT2D eigenvalue weighted by molar-refractivity contribution is 7.92. The first-order valence-corrected chi connectivity index (χ1v) is 8.66. The number of halogens is 1. The van der Waals surface area contributed by atoms with Crippen molar-refractivity contribution in [1.82, 2.24) is 0 Å². The van der Waals surface area contributed by atoms with E-state index in [2.05, 4.69) is 6.92 Å². The highest BCUT2D eigenvalue weighted by Crippen LogP contribution is 2.36.